The van der Waals surface area contributed by atoms with Crippen LogP contribution in [0.5, 0.6) is 0 Å². The molecule has 2 heterocycles. The van der Waals surface area contributed by atoms with Gasteiger partial charge in [0.1, 0.15) is 10.0 Å². The van der Waals surface area contributed by atoms with Crippen molar-refractivity contribution in [2.45, 2.75) is 17.4 Å². The molecule has 20 heavy (non-hydrogen) atoms. The minimum absolute atomic E-state index is 0.0359. The Bertz CT molecular complexity index is 492. The molecule has 0 bridgehead atoms. The third-order valence-electron chi connectivity index (χ3n) is 2.96. The lowest BCUT2D eigenvalue weighted by molar-refractivity contribution is -0.136. The topological polar surface area (TPSA) is 71.5 Å². The van der Waals surface area contributed by atoms with Crippen molar-refractivity contribution < 1.29 is 14.3 Å². The standard InChI is InChI=1S/C12H17N3O3S2/c1-8(16)15-3-4-18-9(6-15)5-13-11(17)10-7-20-12(14-10)19-2/h7,9H,3-6H2,1-2H3,(H,13,17). The Labute approximate surface area is 125 Å². The quantitative estimate of drug-likeness (QED) is 0.834. The Kier molecular flexibility index (Phi) is 5.38. The van der Waals surface area contributed by atoms with Crippen LogP contribution in [0.15, 0.2) is 9.72 Å². The number of nitrogens with zero attached hydrogens (tertiary/aromatic N) is 2. The summed E-state index contributed by atoms with van der Waals surface area (Å²) in [7, 11) is 0. The van der Waals surface area contributed by atoms with Crippen molar-refractivity contribution in [3.05, 3.63) is 11.1 Å². The lowest BCUT2D eigenvalue weighted by Gasteiger charge is -2.32. The summed E-state index contributed by atoms with van der Waals surface area (Å²) in [4.78, 5) is 29.2. The normalized spacial score (nSPS) is 18.9. The van der Waals surface area contributed by atoms with Crippen LogP contribution in [0.4, 0.5) is 0 Å². The van der Waals surface area contributed by atoms with E-state index in [1.807, 2.05) is 6.26 Å². The fourth-order valence-electron chi connectivity index (χ4n) is 1.88. The molecule has 8 heteroatoms. The SMILES string of the molecule is CSc1nc(C(=O)NCC2CN(C(C)=O)CCO2)cs1. The van der Waals surface area contributed by atoms with Gasteiger partial charge in [0, 0.05) is 31.9 Å². The second-order valence-electron chi connectivity index (χ2n) is 4.37. The van der Waals surface area contributed by atoms with E-state index >= 15 is 0 Å². The van der Waals surface area contributed by atoms with Crippen molar-refractivity contribution in [1.29, 1.82) is 0 Å². The molecule has 1 aromatic heterocycles. The lowest BCUT2D eigenvalue weighted by atomic mass is 10.2. The molecule has 6 nitrogen and oxygen atoms in total. The van der Waals surface area contributed by atoms with Crippen LogP contribution in [0, 0.1) is 0 Å². The van der Waals surface area contributed by atoms with Crippen LogP contribution in [0.25, 0.3) is 0 Å². The Hall–Kier alpha value is -1.12. The smallest absolute Gasteiger partial charge is 0.270 e. The first kappa shape index (κ1) is 15.3. The minimum Gasteiger partial charge on any atom is -0.373 e. The summed E-state index contributed by atoms with van der Waals surface area (Å²) in [5.74, 6) is -0.168. The zero-order valence-electron chi connectivity index (χ0n) is 11.4. The first-order valence-electron chi connectivity index (χ1n) is 6.25. The molecular weight excluding hydrogens is 298 g/mol. The Balaban J connectivity index is 1.82. The van der Waals surface area contributed by atoms with Gasteiger partial charge >= 0.3 is 0 Å². The third kappa shape index (κ3) is 3.94. The highest BCUT2D eigenvalue weighted by Gasteiger charge is 2.22. The fourth-order valence-corrected chi connectivity index (χ4v) is 3.12. The van der Waals surface area contributed by atoms with Gasteiger partial charge in [0.25, 0.3) is 5.91 Å². The Morgan fingerprint density at radius 3 is 3.10 bits per heavy atom. The van der Waals surface area contributed by atoms with E-state index < -0.39 is 0 Å². The molecule has 0 saturated carbocycles. The third-order valence-corrected chi connectivity index (χ3v) is 4.83. The second kappa shape index (κ2) is 7.05. The largest absolute Gasteiger partial charge is 0.373 e. The van der Waals surface area contributed by atoms with E-state index in [0.29, 0.717) is 31.9 Å². The van der Waals surface area contributed by atoms with Crippen molar-refractivity contribution in [3.8, 4) is 0 Å². The predicted molar refractivity (Wildman–Crippen MR) is 78.2 cm³/mol. The zero-order chi connectivity index (χ0) is 14.5. The predicted octanol–water partition coefficient (Wildman–Crippen LogP) is 0.842. The summed E-state index contributed by atoms with van der Waals surface area (Å²) in [6.07, 6.45) is 1.77. The van der Waals surface area contributed by atoms with Crippen LogP contribution >= 0.6 is 23.1 Å². The van der Waals surface area contributed by atoms with Crippen molar-refractivity contribution in [1.82, 2.24) is 15.2 Å². The molecule has 1 N–H and O–H groups in total. The van der Waals surface area contributed by atoms with E-state index in [1.54, 1.807) is 17.2 Å². The first-order valence-corrected chi connectivity index (χ1v) is 8.35. The molecule has 0 aliphatic carbocycles. The molecule has 1 fully saturated rings. The van der Waals surface area contributed by atoms with Gasteiger partial charge in [0.15, 0.2) is 0 Å². The van der Waals surface area contributed by atoms with Gasteiger partial charge < -0.3 is 15.0 Å². The number of carbonyl (C=O) groups excluding carboxylic acids is 2. The van der Waals surface area contributed by atoms with Crippen LogP contribution < -0.4 is 5.32 Å². The highest BCUT2D eigenvalue weighted by Crippen LogP contribution is 2.19. The van der Waals surface area contributed by atoms with Gasteiger partial charge in [-0.25, -0.2) is 4.98 Å². The number of aromatic nitrogens is 1. The van der Waals surface area contributed by atoms with Crippen LogP contribution in [0.1, 0.15) is 17.4 Å². The molecule has 1 saturated heterocycles. The van der Waals surface area contributed by atoms with E-state index in [4.69, 9.17) is 4.74 Å². The van der Waals surface area contributed by atoms with Crippen LogP contribution in [0.3, 0.4) is 0 Å². The van der Waals surface area contributed by atoms with E-state index in [0.717, 1.165) is 4.34 Å². The molecule has 0 aromatic carbocycles. The molecule has 2 amide bonds. The monoisotopic (exact) mass is 315 g/mol. The number of thioether (sulfide) groups is 1. The van der Waals surface area contributed by atoms with Gasteiger partial charge in [-0.15, -0.1) is 11.3 Å². The zero-order valence-corrected chi connectivity index (χ0v) is 13.1. The Morgan fingerprint density at radius 2 is 2.45 bits per heavy atom. The van der Waals surface area contributed by atoms with Crippen molar-refractivity contribution >= 4 is 34.9 Å². The molecule has 1 aliphatic heterocycles. The summed E-state index contributed by atoms with van der Waals surface area (Å²) in [6.45, 7) is 3.56. The van der Waals surface area contributed by atoms with Gasteiger partial charge in [-0.3, -0.25) is 9.59 Å². The van der Waals surface area contributed by atoms with Crippen LogP contribution in [0.2, 0.25) is 0 Å². The maximum atomic E-state index is 11.9. The molecular formula is C12H17N3O3S2. The summed E-state index contributed by atoms with van der Waals surface area (Å²) in [5, 5.41) is 4.54. The second-order valence-corrected chi connectivity index (χ2v) is 6.28. The maximum Gasteiger partial charge on any atom is 0.270 e. The van der Waals surface area contributed by atoms with Crippen LogP contribution in [-0.4, -0.2) is 60.3 Å². The molecule has 110 valence electrons. The van der Waals surface area contributed by atoms with Crippen molar-refractivity contribution in [3.63, 3.8) is 0 Å². The number of hydrogen-bond donors (Lipinski definition) is 1. The van der Waals surface area contributed by atoms with Crippen LogP contribution in [-0.2, 0) is 9.53 Å². The minimum atomic E-state index is -0.204. The van der Waals surface area contributed by atoms with Crippen molar-refractivity contribution in [2.24, 2.45) is 0 Å². The van der Waals surface area contributed by atoms with E-state index in [-0.39, 0.29) is 17.9 Å². The molecule has 0 spiro atoms. The van der Waals surface area contributed by atoms with E-state index in [9.17, 15) is 9.59 Å². The summed E-state index contributed by atoms with van der Waals surface area (Å²) < 4.78 is 6.41. The van der Waals surface area contributed by atoms with Crippen molar-refractivity contribution in [2.75, 3.05) is 32.5 Å². The number of nitrogens with one attached hydrogen (secondary N) is 1. The average Bonchev–Trinajstić information content (AvgIpc) is 2.94. The highest BCUT2D eigenvalue weighted by molar-refractivity contribution is 8.00. The molecule has 0 radical (unpaired) electrons. The Morgan fingerprint density at radius 1 is 1.65 bits per heavy atom. The molecule has 1 atom stereocenters. The number of hydrogen-bond acceptors (Lipinski definition) is 6. The number of amides is 2. The number of ether oxygens (including phenoxy) is 1. The van der Waals surface area contributed by atoms with Gasteiger partial charge in [-0.2, -0.15) is 0 Å². The number of carbonyl (C=O) groups is 2. The molecule has 1 aliphatic rings. The van der Waals surface area contributed by atoms with Gasteiger partial charge in [-0.05, 0) is 6.26 Å². The van der Waals surface area contributed by atoms with E-state index in [2.05, 4.69) is 10.3 Å². The fraction of sp³-hybridized carbons (Fsp3) is 0.583. The highest BCUT2D eigenvalue weighted by atomic mass is 32.2. The number of rotatable bonds is 4. The molecule has 1 aromatic rings. The summed E-state index contributed by atoms with van der Waals surface area (Å²) >= 11 is 2.97. The van der Waals surface area contributed by atoms with Gasteiger partial charge in [0.2, 0.25) is 5.91 Å². The maximum absolute atomic E-state index is 11.9. The lowest BCUT2D eigenvalue weighted by Crippen LogP contribution is -2.49. The number of thiazole rings is 1. The van der Waals surface area contributed by atoms with Gasteiger partial charge in [-0.1, -0.05) is 11.8 Å². The van der Waals surface area contributed by atoms with E-state index in [1.165, 1.54) is 23.1 Å². The van der Waals surface area contributed by atoms with Gasteiger partial charge in [0.05, 0.1) is 12.7 Å². The summed E-state index contributed by atoms with van der Waals surface area (Å²) in [5.41, 5.74) is 0.429. The molecule has 1 unspecified atom stereocenters. The first-order chi connectivity index (χ1) is 9.60. The number of morpholine rings is 1. The summed E-state index contributed by atoms with van der Waals surface area (Å²) in [6, 6.07) is 0. The average molecular weight is 315 g/mol. The molecule has 2 rings (SSSR count).